The molecule has 0 aliphatic carbocycles. The van der Waals surface area contributed by atoms with Gasteiger partial charge in [-0.05, 0) is 31.2 Å². The molecule has 0 N–H and O–H groups in total. The van der Waals surface area contributed by atoms with Crippen LogP contribution in [0.1, 0.15) is 21.7 Å². The molecule has 2 aromatic rings. The van der Waals surface area contributed by atoms with Gasteiger partial charge in [0, 0.05) is 0 Å². The number of halogens is 2. The highest BCUT2D eigenvalue weighted by Crippen LogP contribution is 2.16. The van der Waals surface area contributed by atoms with Crippen molar-refractivity contribution >= 4 is 5.78 Å². The van der Waals surface area contributed by atoms with Gasteiger partial charge in [0.1, 0.15) is 23.7 Å². The molecule has 1 aromatic carbocycles. The second kappa shape index (κ2) is 3.89. The van der Waals surface area contributed by atoms with Gasteiger partial charge in [0.05, 0.1) is 11.1 Å². The number of furan rings is 1. The fraction of sp³-hybridized carbons (Fsp3) is 0.0833. The maximum absolute atomic E-state index is 13.3. The molecule has 0 atom stereocenters. The molecular weight excluding hydrogens is 214 g/mol. The molecule has 2 rings (SSSR count). The molecule has 0 aliphatic heterocycles. The fourth-order valence-electron chi connectivity index (χ4n) is 1.39. The van der Waals surface area contributed by atoms with Crippen LogP contribution >= 0.6 is 0 Å². The molecular formula is C12H8F2O2. The number of benzene rings is 1. The van der Waals surface area contributed by atoms with Gasteiger partial charge in [0.2, 0.25) is 0 Å². The molecule has 4 heteroatoms. The van der Waals surface area contributed by atoms with Gasteiger partial charge in [-0.3, -0.25) is 4.79 Å². The zero-order valence-corrected chi connectivity index (χ0v) is 8.46. The lowest BCUT2D eigenvalue weighted by molar-refractivity contribution is 0.103. The molecule has 0 unspecified atom stereocenters. The highest BCUT2D eigenvalue weighted by molar-refractivity contribution is 6.09. The van der Waals surface area contributed by atoms with Gasteiger partial charge in [-0.25, -0.2) is 8.78 Å². The van der Waals surface area contributed by atoms with Crippen LogP contribution in [0.3, 0.4) is 0 Å². The number of hydrogen-bond donors (Lipinski definition) is 0. The summed E-state index contributed by atoms with van der Waals surface area (Å²) >= 11 is 0. The number of ketones is 1. The first kappa shape index (κ1) is 10.5. The summed E-state index contributed by atoms with van der Waals surface area (Å²) in [6.45, 7) is 1.67. The summed E-state index contributed by atoms with van der Waals surface area (Å²) in [7, 11) is 0. The predicted octanol–water partition coefficient (Wildman–Crippen LogP) is 3.10. The first-order valence-corrected chi connectivity index (χ1v) is 4.63. The lowest BCUT2D eigenvalue weighted by Crippen LogP contribution is -2.03. The molecule has 1 heterocycles. The van der Waals surface area contributed by atoms with Crippen LogP contribution in [0.4, 0.5) is 8.78 Å². The van der Waals surface area contributed by atoms with E-state index in [1.807, 2.05) is 0 Å². The van der Waals surface area contributed by atoms with E-state index in [-0.39, 0.29) is 11.1 Å². The predicted molar refractivity (Wildman–Crippen MR) is 53.2 cm³/mol. The Labute approximate surface area is 90.5 Å². The van der Waals surface area contributed by atoms with E-state index >= 15 is 0 Å². The summed E-state index contributed by atoms with van der Waals surface area (Å²) < 4.78 is 31.1. The number of hydrogen-bond acceptors (Lipinski definition) is 2. The third kappa shape index (κ3) is 1.86. The van der Waals surface area contributed by atoms with Crippen molar-refractivity contribution in [1.82, 2.24) is 0 Å². The van der Waals surface area contributed by atoms with Crippen LogP contribution in [0.5, 0.6) is 0 Å². The van der Waals surface area contributed by atoms with Crippen molar-refractivity contribution in [3.8, 4) is 0 Å². The van der Waals surface area contributed by atoms with Gasteiger partial charge in [0.15, 0.2) is 5.78 Å². The van der Waals surface area contributed by atoms with Crippen molar-refractivity contribution in [3.63, 3.8) is 0 Å². The van der Waals surface area contributed by atoms with Crippen LogP contribution in [-0.4, -0.2) is 5.78 Å². The Morgan fingerprint density at radius 2 is 2.00 bits per heavy atom. The van der Waals surface area contributed by atoms with Crippen LogP contribution in [0.25, 0.3) is 0 Å². The Kier molecular flexibility index (Phi) is 2.56. The molecule has 0 aliphatic rings. The van der Waals surface area contributed by atoms with Gasteiger partial charge in [-0.2, -0.15) is 0 Å². The Hall–Kier alpha value is -1.97. The van der Waals surface area contributed by atoms with Crippen LogP contribution in [-0.2, 0) is 0 Å². The van der Waals surface area contributed by atoms with Crippen molar-refractivity contribution in [2.75, 3.05) is 0 Å². The first-order chi connectivity index (χ1) is 7.58. The monoisotopic (exact) mass is 222 g/mol. The van der Waals surface area contributed by atoms with E-state index < -0.39 is 17.4 Å². The summed E-state index contributed by atoms with van der Waals surface area (Å²) in [4.78, 5) is 11.8. The second-order valence-electron chi connectivity index (χ2n) is 3.40. The first-order valence-electron chi connectivity index (χ1n) is 4.63. The van der Waals surface area contributed by atoms with E-state index in [9.17, 15) is 13.6 Å². The molecule has 0 bridgehead atoms. The molecule has 0 saturated carbocycles. The maximum atomic E-state index is 13.3. The second-order valence-corrected chi connectivity index (χ2v) is 3.40. The van der Waals surface area contributed by atoms with Crippen molar-refractivity contribution in [1.29, 1.82) is 0 Å². The van der Waals surface area contributed by atoms with Crippen molar-refractivity contribution in [2.24, 2.45) is 0 Å². The largest absolute Gasteiger partial charge is 0.469 e. The molecule has 0 fully saturated rings. The lowest BCUT2D eigenvalue weighted by atomic mass is 10.1. The maximum Gasteiger partial charge on any atom is 0.199 e. The Bertz CT molecular complexity index is 544. The fourth-order valence-corrected chi connectivity index (χ4v) is 1.39. The van der Waals surface area contributed by atoms with Crippen LogP contribution in [0.2, 0.25) is 0 Å². The number of rotatable bonds is 2. The summed E-state index contributed by atoms with van der Waals surface area (Å²) in [5.41, 5.74) is -0.0807. The van der Waals surface area contributed by atoms with E-state index in [2.05, 4.69) is 0 Å². The average molecular weight is 222 g/mol. The zero-order valence-electron chi connectivity index (χ0n) is 8.46. The molecule has 0 amide bonds. The van der Waals surface area contributed by atoms with Gasteiger partial charge in [-0.1, -0.05) is 0 Å². The molecule has 0 radical (unpaired) electrons. The minimum atomic E-state index is -0.745. The molecule has 1 aromatic heterocycles. The number of aryl methyl sites for hydroxylation is 1. The summed E-state index contributed by atoms with van der Waals surface area (Å²) in [5, 5.41) is 0. The third-order valence-corrected chi connectivity index (χ3v) is 2.17. The lowest BCUT2D eigenvalue weighted by Gasteiger charge is -1.99. The molecule has 82 valence electrons. The average Bonchev–Trinajstić information content (AvgIpc) is 2.67. The van der Waals surface area contributed by atoms with Crippen molar-refractivity contribution < 1.29 is 18.0 Å². The van der Waals surface area contributed by atoms with E-state index in [1.54, 1.807) is 6.92 Å². The van der Waals surface area contributed by atoms with Crippen LogP contribution in [0, 0.1) is 18.6 Å². The van der Waals surface area contributed by atoms with E-state index in [4.69, 9.17) is 4.42 Å². The van der Waals surface area contributed by atoms with E-state index in [0.29, 0.717) is 5.76 Å². The Balaban J connectivity index is 2.45. The third-order valence-electron chi connectivity index (χ3n) is 2.17. The highest BCUT2D eigenvalue weighted by Gasteiger charge is 2.16. The molecule has 0 saturated heterocycles. The minimum absolute atomic E-state index is 0.210. The van der Waals surface area contributed by atoms with Crippen LogP contribution < -0.4 is 0 Å². The van der Waals surface area contributed by atoms with E-state index in [0.717, 1.165) is 18.2 Å². The Morgan fingerprint density at radius 3 is 2.62 bits per heavy atom. The molecule has 2 nitrogen and oxygen atoms in total. The van der Waals surface area contributed by atoms with E-state index in [1.165, 1.54) is 12.3 Å². The van der Waals surface area contributed by atoms with Crippen molar-refractivity contribution in [2.45, 2.75) is 6.92 Å². The Morgan fingerprint density at radius 1 is 1.25 bits per heavy atom. The smallest absolute Gasteiger partial charge is 0.199 e. The minimum Gasteiger partial charge on any atom is -0.469 e. The zero-order chi connectivity index (χ0) is 11.7. The summed E-state index contributed by atoms with van der Waals surface area (Å²) in [6, 6.07) is 4.24. The van der Waals surface area contributed by atoms with Gasteiger partial charge in [0.25, 0.3) is 0 Å². The van der Waals surface area contributed by atoms with Gasteiger partial charge in [-0.15, -0.1) is 0 Å². The molecule has 0 spiro atoms. The van der Waals surface area contributed by atoms with Crippen LogP contribution in [0.15, 0.2) is 34.9 Å². The van der Waals surface area contributed by atoms with Gasteiger partial charge < -0.3 is 4.42 Å². The topological polar surface area (TPSA) is 30.2 Å². The number of carbonyl (C=O) groups is 1. The van der Waals surface area contributed by atoms with Crippen molar-refractivity contribution in [3.05, 3.63) is 59.1 Å². The summed E-state index contributed by atoms with van der Waals surface area (Å²) in [6.07, 6.45) is 1.22. The number of carbonyl (C=O) groups excluding carboxylic acids is 1. The van der Waals surface area contributed by atoms with Gasteiger partial charge >= 0.3 is 0 Å². The summed E-state index contributed by atoms with van der Waals surface area (Å²) in [5.74, 6) is -1.44. The standard InChI is InChI=1S/C12H8F2O2/c1-7-4-8(6-16-7)12(15)10-5-9(13)2-3-11(10)14/h2-6H,1H3. The molecule has 16 heavy (non-hydrogen) atoms. The highest BCUT2D eigenvalue weighted by atomic mass is 19.1. The quantitative estimate of drug-likeness (QED) is 0.731. The normalized spacial score (nSPS) is 10.4. The SMILES string of the molecule is Cc1cc(C(=O)c2cc(F)ccc2F)co1.